The fraction of sp³-hybridized carbons (Fsp3) is 0.381. The van der Waals surface area contributed by atoms with E-state index in [9.17, 15) is 17.6 Å². The van der Waals surface area contributed by atoms with E-state index in [1.165, 1.54) is 51.7 Å². The minimum Gasteiger partial charge on any atom is -0.493 e. The molecule has 2 rings (SSSR count). The van der Waals surface area contributed by atoms with Crippen molar-refractivity contribution in [3.63, 3.8) is 0 Å². The van der Waals surface area contributed by atoms with Gasteiger partial charge >= 0.3 is 0 Å². The lowest BCUT2D eigenvalue weighted by Gasteiger charge is -2.26. The molecule has 170 valence electrons. The number of carbonyl (C=O) groups is 1. The smallest absolute Gasteiger partial charge is 0.253 e. The maximum atomic E-state index is 14.3. The van der Waals surface area contributed by atoms with Crippen LogP contribution in [0, 0.1) is 5.82 Å². The molecule has 31 heavy (non-hydrogen) atoms. The van der Waals surface area contributed by atoms with Gasteiger partial charge in [-0.25, -0.2) is 12.8 Å². The number of sulfonamides is 1. The first kappa shape index (κ1) is 24.4. The highest BCUT2D eigenvalue weighted by molar-refractivity contribution is 7.92. The molecule has 0 radical (unpaired) electrons. The van der Waals surface area contributed by atoms with Gasteiger partial charge in [0.25, 0.3) is 5.91 Å². The van der Waals surface area contributed by atoms with E-state index in [4.69, 9.17) is 14.2 Å². The number of carbonyl (C=O) groups excluding carboxylic acids is 1. The number of amides is 1. The topological polar surface area (TPSA) is 94.2 Å². The molecule has 0 aliphatic carbocycles. The van der Waals surface area contributed by atoms with Crippen LogP contribution >= 0.6 is 0 Å². The van der Waals surface area contributed by atoms with E-state index in [-0.39, 0.29) is 47.5 Å². The van der Waals surface area contributed by atoms with Crippen LogP contribution in [0.2, 0.25) is 0 Å². The molecule has 0 aliphatic heterocycles. The van der Waals surface area contributed by atoms with Crippen LogP contribution in [0.5, 0.6) is 11.5 Å². The Morgan fingerprint density at radius 2 is 1.74 bits per heavy atom. The molecule has 0 bridgehead atoms. The molecule has 2 aromatic carbocycles. The van der Waals surface area contributed by atoms with E-state index in [1.807, 2.05) is 0 Å². The maximum absolute atomic E-state index is 14.3. The third kappa shape index (κ3) is 6.08. The maximum Gasteiger partial charge on any atom is 0.253 e. The molecular formula is C21H27FN2O6S. The van der Waals surface area contributed by atoms with E-state index in [1.54, 1.807) is 13.0 Å². The van der Waals surface area contributed by atoms with Gasteiger partial charge in [0.2, 0.25) is 10.0 Å². The first-order chi connectivity index (χ1) is 14.6. The van der Waals surface area contributed by atoms with Crippen molar-refractivity contribution in [3.8, 4) is 11.5 Å². The van der Waals surface area contributed by atoms with E-state index < -0.39 is 21.7 Å². The van der Waals surface area contributed by atoms with E-state index >= 15 is 0 Å². The minimum absolute atomic E-state index is 0.0300. The Hall–Kier alpha value is -2.85. The van der Waals surface area contributed by atoms with Crippen molar-refractivity contribution in [3.05, 3.63) is 53.3 Å². The monoisotopic (exact) mass is 454 g/mol. The van der Waals surface area contributed by atoms with Crippen LogP contribution in [0.1, 0.15) is 22.8 Å². The molecule has 2 aromatic rings. The normalized spacial score (nSPS) is 12.2. The van der Waals surface area contributed by atoms with Gasteiger partial charge in [0.1, 0.15) is 5.82 Å². The number of nitrogens with zero attached hydrogens (tertiary/aromatic N) is 1. The fourth-order valence-corrected chi connectivity index (χ4v) is 3.89. The Morgan fingerprint density at radius 3 is 2.29 bits per heavy atom. The van der Waals surface area contributed by atoms with Gasteiger partial charge in [-0.1, -0.05) is 18.2 Å². The Morgan fingerprint density at radius 1 is 1.13 bits per heavy atom. The van der Waals surface area contributed by atoms with Crippen molar-refractivity contribution >= 4 is 21.6 Å². The number of ether oxygens (including phenoxy) is 3. The van der Waals surface area contributed by atoms with Gasteiger partial charge in [-0.3, -0.25) is 9.10 Å². The zero-order valence-corrected chi connectivity index (χ0v) is 19.0. The Labute approximate surface area is 182 Å². The van der Waals surface area contributed by atoms with Crippen LogP contribution in [-0.2, 0) is 21.3 Å². The Balaban J connectivity index is 2.65. The summed E-state index contributed by atoms with van der Waals surface area (Å²) < 4.78 is 56.2. The average molecular weight is 455 g/mol. The predicted octanol–water partition coefficient (Wildman–Crippen LogP) is 2.57. The fourth-order valence-electron chi connectivity index (χ4n) is 3.01. The van der Waals surface area contributed by atoms with Gasteiger partial charge in [0, 0.05) is 24.8 Å². The Kier molecular flexibility index (Phi) is 8.23. The van der Waals surface area contributed by atoms with Crippen molar-refractivity contribution < 1.29 is 31.8 Å². The van der Waals surface area contributed by atoms with E-state index in [0.717, 1.165) is 10.6 Å². The van der Waals surface area contributed by atoms with E-state index in [2.05, 4.69) is 5.32 Å². The SMILES string of the molecule is COC[C@H](C)NC(=O)c1cc(OC)c(OC)cc1N(Cc1ccccc1F)S(C)(=O)=O. The van der Waals surface area contributed by atoms with Gasteiger partial charge in [0.05, 0.1) is 44.9 Å². The second-order valence-electron chi connectivity index (χ2n) is 6.92. The average Bonchev–Trinajstić information content (AvgIpc) is 2.71. The molecule has 10 heteroatoms. The molecule has 1 amide bonds. The van der Waals surface area contributed by atoms with Crippen molar-refractivity contribution in [1.82, 2.24) is 5.32 Å². The molecule has 0 aliphatic rings. The number of hydrogen-bond acceptors (Lipinski definition) is 6. The van der Waals surface area contributed by atoms with Crippen LogP contribution in [0.25, 0.3) is 0 Å². The van der Waals surface area contributed by atoms with E-state index in [0.29, 0.717) is 0 Å². The van der Waals surface area contributed by atoms with Gasteiger partial charge in [-0.05, 0) is 19.1 Å². The summed E-state index contributed by atoms with van der Waals surface area (Å²) in [4.78, 5) is 13.0. The third-order valence-corrected chi connectivity index (χ3v) is 5.61. The van der Waals surface area contributed by atoms with Crippen LogP contribution in [0.4, 0.5) is 10.1 Å². The first-order valence-corrected chi connectivity index (χ1v) is 11.2. The Bertz CT molecular complexity index is 1030. The predicted molar refractivity (Wildman–Crippen MR) is 116 cm³/mol. The zero-order valence-electron chi connectivity index (χ0n) is 18.1. The summed E-state index contributed by atoms with van der Waals surface area (Å²) >= 11 is 0. The number of benzene rings is 2. The number of methoxy groups -OCH3 is 3. The molecule has 0 fully saturated rings. The molecule has 0 unspecified atom stereocenters. The third-order valence-electron chi connectivity index (χ3n) is 4.48. The van der Waals surface area contributed by atoms with Crippen LogP contribution in [0.3, 0.4) is 0 Å². The molecule has 1 N–H and O–H groups in total. The number of hydrogen-bond donors (Lipinski definition) is 1. The summed E-state index contributed by atoms with van der Waals surface area (Å²) in [6.07, 6.45) is 0.986. The van der Waals surface area contributed by atoms with Crippen molar-refractivity contribution in [2.75, 3.05) is 38.5 Å². The highest BCUT2D eigenvalue weighted by atomic mass is 32.2. The summed E-state index contributed by atoms with van der Waals surface area (Å²) in [6, 6.07) is 8.28. The van der Waals surface area contributed by atoms with Gasteiger partial charge in [-0.2, -0.15) is 0 Å². The highest BCUT2D eigenvalue weighted by Gasteiger charge is 2.27. The molecular weight excluding hydrogens is 427 g/mol. The molecule has 1 atom stereocenters. The summed E-state index contributed by atoms with van der Waals surface area (Å²) in [5, 5.41) is 2.75. The molecule has 0 saturated heterocycles. The van der Waals surface area contributed by atoms with Crippen molar-refractivity contribution in [1.29, 1.82) is 0 Å². The lowest BCUT2D eigenvalue weighted by Crippen LogP contribution is -2.37. The van der Waals surface area contributed by atoms with Gasteiger partial charge in [-0.15, -0.1) is 0 Å². The van der Waals surface area contributed by atoms with Gasteiger partial charge in [0.15, 0.2) is 11.5 Å². The molecule has 0 spiro atoms. The number of halogens is 1. The van der Waals surface area contributed by atoms with Crippen LogP contribution in [0.15, 0.2) is 36.4 Å². The highest BCUT2D eigenvalue weighted by Crippen LogP contribution is 2.37. The quantitative estimate of drug-likeness (QED) is 0.593. The summed E-state index contributed by atoms with van der Waals surface area (Å²) in [6.45, 7) is 1.70. The number of anilines is 1. The number of rotatable bonds is 10. The molecule has 8 nitrogen and oxygen atoms in total. The lowest BCUT2D eigenvalue weighted by molar-refractivity contribution is 0.0906. The van der Waals surface area contributed by atoms with Crippen molar-refractivity contribution in [2.45, 2.75) is 19.5 Å². The molecule has 0 heterocycles. The second-order valence-corrected chi connectivity index (χ2v) is 8.82. The number of nitrogens with one attached hydrogen (secondary N) is 1. The van der Waals surface area contributed by atoms with Gasteiger partial charge < -0.3 is 19.5 Å². The summed E-state index contributed by atoms with van der Waals surface area (Å²) in [5.74, 6) is -0.629. The zero-order chi connectivity index (χ0) is 23.2. The molecule has 0 saturated carbocycles. The standard InChI is InChI=1S/C21H27FN2O6S/c1-14(13-28-2)23-21(25)16-10-19(29-3)20(30-4)11-18(16)24(31(5,26)27)12-15-8-6-7-9-17(15)22/h6-11,14H,12-13H2,1-5H3,(H,23,25)/t14-/m0/s1. The minimum atomic E-state index is -3.91. The summed E-state index contributed by atoms with van der Waals surface area (Å²) in [5.41, 5.74) is 0.217. The van der Waals surface area contributed by atoms with Crippen LogP contribution in [-0.4, -0.2) is 54.6 Å². The largest absolute Gasteiger partial charge is 0.493 e. The second kappa shape index (κ2) is 10.5. The van der Waals surface area contributed by atoms with Crippen LogP contribution < -0.4 is 19.1 Å². The lowest BCUT2D eigenvalue weighted by atomic mass is 10.1. The summed E-state index contributed by atoms with van der Waals surface area (Å²) in [7, 11) is 0.393. The first-order valence-electron chi connectivity index (χ1n) is 9.39. The van der Waals surface area contributed by atoms with Crippen molar-refractivity contribution in [2.24, 2.45) is 0 Å². The molecule has 0 aromatic heterocycles.